The molecule has 0 aliphatic heterocycles. The molecule has 2 rings (SSSR count). The molecule has 0 heterocycles. The highest BCUT2D eigenvalue weighted by Gasteiger charge is 2.16. The molecule has 0 saturated carbocycles. The average molecular weight is 254 g/mol. The summed E-state index contributed by atoms with van der Waals surface area (Å²) >= 11 is 0. The van der Waals surface area contributed by atoms with E-state index in [9.17, 15) is 4.79 Å². The van der Waals surface area contributed by atoms with Crippen LogP contribution >= 0.6 is 0 Å². The van der Waals surface area contributed by atoms with Crippen LogP contribution in [0.1, 0.15) is 22.1 Å². The lowest BCUT2D eigenvalue weighted by Crippen LogP contribution is -2.37. The van der Waals surface area contributed by atoms with Crippen molar-refractivity contribution in [1.82, 2.24) is 10.2 Å². The van der Waals surface area contributed by atoms with E-state index in [1.54, 1.807) is 0 Å². The molecule has 0 bridgehead atoms. The first kappa shape index (κ1) is 13.3. The lowest BCUT2D eigenvalue weighted by Gasteiger charge is -2.25. The van der Waals surface area contributed by atoms with E-state index in [-0.39, 0.29) is 12.1 Å². The predicted molar refractivity (Wildman–Crippen MR) is 76.8 cm³/mol. The number of nitrogens with one attached hydrogen (secondary N) is 1. The van der Waals surface area contributed by atoms with Crippen molar-refractivity contribution in [3.8, 4) is 0 Å². The van der Waals surface area contributed by atoms with E-state index in [1.165, 1.54) is 0 Å². The Morgan fingerprint density at radius 2 is 1.47 bits per heavy atom. The third-order valence-electron chi connectivity index (χ3n) is 2.94. The second-order valence-electron chi connectivity index (χ2n) is 4.62. The maximum atomic E-state index is 12.2. The van der Waals surface area contributed by atoms with E-state index in [0.29, 0.717) is 5.56 Å². The molecule has 1 amide bonds. The summed E-state index contributed by atoms with van der Waals surface area (Å²) in [6, 6.07) is 19.2. The molecule has 0 aromatic heterocycles. The number of hydrogen-bond acceptors (Lipinski definition) is 2. The monoisotopic (exact) mass is 254 g/mol. The Kier molecular flexibility index (Phi) is 4.31. The summed E-state index contributed by atoms with van der Waals surface area (Å²) in [5, 5.41) is 3.04. The highest BCUT2D eigenvalue weighted by Crippen LogP contribution is 2.15. The Balaban J connectivity index is 2.17. The summed E-state index contributed by atoms with van der Waals surface area (Å²) in [5.74, 6) is -0.0665. The van der Waals surface area contributed by atoms with E-state index in [2.05, 4.69) is 5.32 Å². The second kappa shape index (κ2) is 6.16. The van der Waals surface area contributed by atoms with E-state index in [4.69, 9.17) is 0 Å². The molecule has 1 unspecified atom stereocenters. The molecule has 1 atom stereocenters. The lowest BCUT2D eigenvalue weighted by molar-refractivity contribution is 0.0889. The molecule has 98 valence electrons. The normalized spacial score (nSPS) is 12.2. The minimum absolute atomic E-state index is 0.0665. The first-order chi connectivity index (χ1) is 9.18. The molecule has 19 heavy (non-hydrogen) atoms. The van der Waals surface area contributed by atoms with Gasteiger partial charge in [0.1, 0.15) is 6.17 Å². The van der Waals surface area contributed by atoms with Crippen LogP contribution in [0.4, 0.5) is 0 Å². The summed E-state index contributed by atoms with van der Waals surface area (Å²) in [4.78, 5) is 14.2. The van der Waals surface area contributed by atoms with E-state index in [1.807, 2.05) is 79.7 Å². The molecule has 2 aromatic rings. The molecule has 0 spiro atoms. The average Bonchev–Trinajstić information content (AvgIpc) is 2.46. The van der Waals surface area contributed by atoms with E-state index in [0.717, 1.165) is 5.56 Å². The number of carbonyl (C=O) groups excluding carboxylic acids is 1. The van der Waals surface area contributed by atoms with Gasteiger partial charge in [0, 0.05) is 5.56 Å². The minimum atomic E-state index is -0.131. The topological polar surface area (TPSA) is 32.3 Å². The van der Waals surface area contributed by atoms with Crippen molar-refractivity contribution in [2.45, 2.75) is 6.17 Å². The largest absolute Gasteiger partial charge is 0.332 e. The maximum absolute atomic E-state index is 12.2. The number of amides is 1. The fourth-order valence-electron chi connectivity index (χ4n) is 1.94. The SMILES string of the molecule is CN(C)C(NC(=O)c1ccccc1)c1ccccc1. The molecule has 0 saturated heterocycles. The van der Waals surface area contributed by atoms with Gasteiger partial charge in [-0.2, -0.15) is 0 Å². The summed E-state index contributed by atoms with van der Waals surface area (Å²) in [6.45, 7) is 0. The second-order valence-corrected chi connectivity index (χ2v) is 4.62. The molecule has 0 radical (unpaired) electrons. The van der Waals surface area contributed by atoms with Gasteiger partial charge in [0.2, 0.25) is 0 Å². The van der Waals surface area contributed by atoms with Crippen molar-refractivity contribution in [2.24, 2.45) is 0 Å². The van der Waals surface area contributed by atoms with Crippen LogP contribution in [0.2, 0.25) is 0 Å². The van der Waals surface area contributed by atoms with Gasteiger partial charge < -0.3 is 5.32 Å². The van der Waals surface area contributed by atoms with Crippen LogP contribution in [0.3, 0.4) is 0 Å². The maximum Gasteiger partial charge on any atom is 0.252 e. The molecular weight excluding hydrogens is 236 g/mol. The van der Waals surface area contributed by atoms with Gasteiger partial charge in [-0.15, -0.1) is 0 Å². The Bertz CT molecular complexity index is 523. The van der Waals surface area contributed by atoms with Crippen molar-refractivity contribution in [3.63, 3.8) is 0 Å². The standard InChI is InChI=1S/C16H18N2O/c1-18(2)15(13-9-5-3-6-10-13)17-16(19)14-11-7-4-8-12-14/h3-12,15H,1-2H3,(H,17,19). The Morgan fingerprint density at radius 1 is 0.947 bits per heavy atom. The van der Waals surface area contributed by atoms with E-state index >= 15 is 0 Å². The predicted octanol–water partition coefficient (Wildman–Crippen LogP) is 2.68. The van der Waals surface area contributed by atoms with Gasteiger partial charge in [0.25, 0.3) is 5.91 Å². The molecular formula is C16H18N2O. The van der Waals surface area contributed by atoms with Crippen LogP contribution in [-0.2, 0) is 0 Å². The van der Waals surface area contributed by atoms with Crippen molar-refractivity contribution < 1.29 is 4.79 Å². The zero-order valence-electron chi connectivity index (χ0n) is 11.2. The smallest absolute Gasteiger partial charge is 0.252 e. The van der Waals surface area contributed by atoms with Gasteiger partial charge in [-0.05, 0) is 31.8 Å². The van der Waals surface area contributed by atoms with Crippen molar-refractivity contribution in [2.75, 3.05) is 14.1 Å². The molecule has 3 heteroatoms. The van der Waals surface area contributed by atoms with Crippen LogP contribution < -0.4 is 5.32 Å². The number of carbonyl (C=O) groups is 1. The van der Waals surface area contributed by atoms with Crippen molar-refractivity contribution in [3.05, 3.63) is 71.8 Å². The zero-order chi connectivity index (χ0) is 13.7. The lowest BCUT2D eigenvalue weighted by atomic mass is 10.1. The highest BCUT2D eigenvalue weighted by molar-refractivity contribution is 5.94. The van der Waals surface area contributed by atoms with E-state index < -0.39 is 0 Å². The molecule has 0 aliphatic carbocycles. The quantitative estimate of drug-likeness (QED) is 0.851. The van der Waals surface area contributed by atoms with Crippen molar-refractivity contribution >= 4 is 5.91 Å². The fraction of sp³-hybridized carbons (Fsp3) is 0.188. The van der Waals surface area contributed by atoms with Crippen LogP contribution in [0.15, 0.2) is 60.7 Å². The molecule has 0 fully saturated rings. The van der Waals surface area contributed by atoms with Gasteiger partial charge >= 0.3 is 0 Å². The van der Waals surface area contributed by atoms with Crippen LogP contribution in [0.5, 0.6) is 0 Å². The summed E-state index contributed by atoms with van der Waals surface area (Å²) in [6.07, 6.45) is -0.131. The fourth-order valence-corrected chi connectivity index (χ4v) is 1.94. The zero-order valence-corrected chi connectivity index (χ0v) is 11.2. The first-order valence-corrected chi connectivity index (χ1v) is 6.26. The van der Waals surface area contributed by atoms with Gasteiger partial charge in [0.15, 0.2) is 0 Å². The molecule has 0 aliphatic rings. The summed E-state index contributed by atoms with van der Waals surface area (Å²) in [7, 11) is 3.89. The Morgan fingerprint density at radius 3 is 2.00 bits per heavy atom. The van der Waals surface area contributed by atoms with Crippen LogP contribution in [0, 0.1) is 0 Å². The molecule has 2 aromatic carbocycles. The Hall–Kier alpha value is -2.13. The third kappa shape index (κ3) is 3.42. The Labute approximate surface area is 113 Å². The van der Waals surface area contributed by atoms with Gasteiger partial charge in [-0.1, -0.05) is 48.5 Å². The first-order valence-electron chi connectivity index (χ1n) is 6.26. The molecule has 3 nitrogen and oxygen atoms in total. The third-order valence-corrected chi connectivity index (χ3v) is 2.94. The number of rotatable bonds is 4. The number of hydrogen-bond donors (Lipinski definition) is 1. The summed E-state index contributed by atoms with van der Waals surface area (Å²) < 4.78 is 0. The van der Waals surface area contributed by atoms with Gasteiger partial charge in [0.05, 0.1) is 0 Å². The van der Waals surface area contributed by atoms with Crippen molar-refractivity contribution in [1.29, 1.82) is 0 Å². The van der Waals surface area contributed by atoms with Gasteiger partial charge in [-0.3, -0.25) is 9.69 Å². The van der Waals surface area contributed by atoms with Crippen LogP contribution in [0.25, 0.3) is 0 Å². The summed E-state index contributed by atoms with van der Waals surface area (Å²) in [5.41, 5.74) is 1.74. The number of benzene rings is 2. The number of nitrogens with zero attached hydrogens (tertiary/aromatic N) is 1. The van der Waals surface area contributed by atoms with Crippen LogP contribution in [-0.4, -0.2) is 24.9 Å². The molecule has 1 N–H and O–H groups in total. The minimum Gasteiger partial charge on any atom is -0.332 e. The van der Waals surface area contributed by atoms with Gasteiger partial charge in [-0.25, -0.2) is 0 Å². The highest BCUT2D eigenvalue weighted by atomic mass is 16.1.